The van der Waals surface area contributed by atoms with Gasteiger partial charge in [-0.05, 0) is 73.2 Å². The average Bonchev–Trinajstić information content (AvgIpc) is 2.93. The third kappa shape index (κ3) is 7.94. The number of nitrogens with one attached hydrogen (secondary N) is 2. The molecule has 8 nitrogen and oxygen atoms in total. The molecule has 0 radical (unpaired) electrons. The van der Waals surface area contributed by atoms with Crippen LogP contribution in [0.25, 0.3) is 0 Å². The van der Waals surface area contributed by atoms with E-state index in [1.807, 2.05) is 6.07 Å². The molecule has 4 aromatic rings. The zero-order valence-electron chi connectivity index (χ0n) is 21.7. The third-order valence-electron chi connectivity index (χ3n) is 5.85. The zero-order valence-corrected chi connectivity index (χ0v) is 23.2. The number of halogens is 3. The molecule has 0 spiro atoms. The number of aromatic nitrogens is 1. The van der Waals surface area contributed by atoms with Crippen LogP contribution in [0.4, 0.5) is 14.5 Å². The van der Waals surface area contributed by atoms with Gasteiger partial charge in [-0.1, -0.05) is 17.7 Å². The first-order chi connectivity index (χ1) is 19.5. The Morgan fingerprint density at radius 2 is 1.73 bits per heavy atom. The predicted octanol–water partition coefficient (Wildman–Crippen LogP) is 5.09. The van der Waals surface area contributed by atoms with Gasteiger partial charge in [0.25, 0.3) is 5.91 Å². The lowest BCUT2D eigenvalue weighted by molar-refractivity contribution is -0.118. The summed E-state index contributed by atoms with van der Waals surface area (Å²) in [6, 6.07) is 16.1. The SMILES string of the molecule is Cc1cc(S(=O)(=O)NCCc2ccccn2)ccc1NC(=O)COc1ccc(Cl)cc1C(=O)c1cc(F)cc(F)c1. The van der Waals surface area contributed by atoms with Crippen molar-refractivity contribution in [2.75, 3.05) is 18.5 Å². The molecule has 1 amide bonds. The number of hydrogen-bond acceptors (Lipinski definition) is 6. The summed E-state index contributed by atoms with van der Waals surface area (Å²) in [7, 11) is -3.79. The van der Waals surface area contributed by atoms with Crippen LogP contribution in [0.2, 0.25) is 5.02 Å². The monoisotopic (exact) mass is 599 g/mol. The minimum absolute atomic E-state index is 0.0193. The predicted molar refractivity (Wildman–Crippen MR) is 150 cm³/mol. The largest absolute Gasteiger partial charge is 0.483 e. The molecule has 0 fully saturated rings. The summed E-state index contributed by atoms with van der Waals surface area (Å²) in [6.45, 7) is 1.28. The number of anilines is 1. The van der Waals surface area contributed by atoms with Crippen LogP contribution in [0.3, 0.4) is 0 Å². The molecule has 0 bridgehead atoms. The number of hydrogen-bond donors (Lipinski definition) is 2. The maximum Gasteiger partial charge on any atom is 0.262 e. The maximum absolute atomic E-state index is 13.6. The Labute approximate surface area is 240 Å². The fourth-order valence-electron chi connectivity index (χ4n) is 3.86. The van der Waals surface area contributed by atoms with Gasteiger partial charge in [0.05, 0.1) is 10.5 Å². The van der Waals surface area contributed by atoms with E-state index >= 15 is 0 Å². The van der Waals surface area contributed by atoms with Crippen molar-refractivity contribution in [3.8, 4) is 5.75 Å². The van der Waals surface area contributed by atoms with Crippen molar-refractivity contribution in [1.29, 1.82) is 0 Å². The number of nitrogens with zero attached hydrogens (tertiary/aromatic N) is 1. The van der Waals surface area contributed by atoms with Crippen LogP contribution in [0.5, 0.6) is 5.75 Å². The molecule has 1 heterocycles. The van der Waals surface area contributed by atoms with Gasteiger partial charge in [0.1, 0.15) is 17.4 Å². The van der Waals surface area contributed by atoms with E-state index in [0.29, 0.717) is 23.7 Å². The molecular formula is C29H24ClF2N3O5S. The van der Waals surface area contributed by atoms with E-state index in [1.165, 1.54) is 36.4 Å². The molecule has 0 unspecified atom stereocenters. The van der Waals surface area contributed by atoms with Crippen LogP contribution in [0.1, 0.15) is 27.2 Å². The lowest BCUT2D eigenvalue weighted by atomic mass is 10.0. The Hall–Kier alpha value is -4.19. The Kier molecular flexibility index (Phi) is 9.43. The topological polar surface area (TPSA) is 114 Å². The fourth-order valence-corrected chi connectivity index (χ4v) is 5.15. The lowest BCUT2D eigenvalue weighted by Crippen LogP contribution is -2.26. The van der Waals surface area contributed by atoms with Crippen LogP contribution in [-0.4, -0.2) is 38.2 Å². The summed E-state index contributed by atoms with van der Waals surface area (Å²) in [5, 5.41) is 2.81. The third-order valence-corrected chi connectivity index (χ3v) is 7.55. The molecule has 0 aliphatic heterocycles. The molecule has 3 aromatic carbocycles. The quantitative estimate of drug-likeness (QED) is 0.232. The summed E-state index contributed by atoms with van der Waals surface area (Å²) in [6.07, 6.45) is 2.06. The first-order valence-corrected chi connectivity index (χ1v) is 14.1. The molecular weight excluding hydrogens is 576 g/mol. The summed E-state index contributed by atoms with van der Waals surface area (Å²) < 4.78 is 60.8. The lowest BCUT2D eigenvalue weighted by Gasteiger charge is -2.14. The van der Waals surface area contributed by atoms with Crippen LogP contribution >= 0.6 is 11.6 Å². The molecule has 0 aliphatic carbocycles. The summed E-state index contributed by atoms with van der Waals surface area (Å²) in [5.74, 6) is -3.21. The number of benzene rings is 3. The Morgan fingerprint density at radius 1 is 0.976 bits per heavy atom. The van der Waals surface area contributed by atoms with Gasteiger partial charge < -0.3 is 10.1 Å². The van der Waals surface area contributed by atoms with Gasteiger partial charge in [-0.2, -0.15) is 0 Å². The maximum atomic E-state index is 13.6. The van der Waals surface area contributed by atoms with E-state index < -0.39 is 40.0 Å². The standard InChI is InChI=1S/C29H24ClF2N3O5S/c1-18-12-24(41(38,39)34-11-9-23-4-2-3-10-33-23)6-7-26(18)35-28(36)17-40-27-8-5-20(30)15-25(27)29(37)19-13-21(31)16-22(32)14-19/h2-8,10,12-16,34H,9,11,17H2,1H3,(H,35,36). The molecule has 12 heteroatoms. The second-order valence-corrected chi connectivity index (χ2v) is 11.1. The molecule has 0 saturated carbocycles. The Bertz CT molecular complexity index is 1680. The zero-order chi connectivity index (χ0) is 29.6. The minimum Gasteiger partial charge on any atom is -0.483 e. The van der Waals surface area contributed by atoms with Crippen LogP contribution in [-0.2, 0) is 21.2 Å². The van der Waals surface area contributed by atoms with Crippen LogP contribution < -0.4 is 14.8 Å². The van der Waals surface area contributed by atoms with E-state index in [-0.39, 0.29) is 33.3 Å². The van der Waals surface area contributed by atoms with Gasteiger partial charge in [0.15, 0.2) is 12.4 Å². The van der Waals surface area contributed by atoms with Crippen molar-refractivity contribution in [3.05, 3.63) is 118 Å². The van der Waals surface area contributed by atoms with E-state index in [0.717, 1.165) is 17.8 Å². The van der Waals surface area contributed by atoms with Crippen molar-refractivity contribution < 1.29 is 31.5 Å². The number of rotatable bonds is 11. The van der Waals surface area contributed by atoms with Crippen molar-refractivity contribution in [1.82, 2.24) is 9.71 Å². The molecule has 212 valence electrons. The first kappa shape index (κ1) is 29.8. The molecule has 2 N–H and O–H groups in total. The molecule has 4 rings (SSSR count). The van der Waals surface area contributed by atoms with Gasteiger partial charge in [0.2, 0.25) is 10.0 Å². The summed E-state index contributed by atoms with van der Waals surface area (Å²) >= 11 is 6.01. The smallest absolute Gasteiger partial charge is 0.262 e. The number of pyridine rings is 1. The summed E-state index contributed by atoms with van der Waals surface area (Å²) in [4.78, 5) is 29.7. The van der Waals surface area contributed by atoms with Crippen LogP contribution in [0, 0.1) is 18.6 Å². The Morgan fingerprint density at radius 3 is 2.41 bits per heavy atom. The second-order valence-electron chi connectivity index (χ2n) is 8.91. The van der Waals surface area contributed by atoms with E-state index in [9.17, 15) is 26.8 Å². The number of ether oxygens (including phenoxy) is 1. The molecule has 0 saturated heterocycles. The highest BCUT2D eigenvalue weighted by molar-refractivity contribution is 7.89. The van der Waals surface area contributed by atoms with Crippen molar-refractivity contribution in [2.24, 2.45) is 0 Å². The average molecular weight is 600 g/mol. The molecule has 0 atom stereocenters. The van der Waals surface area contributed by atoms with Crippen LogP contribution in [0.15, 0.2) is 83.9 Å². The number of carbonyl (C=O) groups is 2. The van der Waals surface area contributed by atoms with Crippen molar-refractivity contribution in [2.45, 2.75) is 18.2 Å². The van der Waals surface area contributed by atoms with Gasteiger partial charge in [-0.3, -0.25) is 14.6 Å². The van der Waals surface area contributed by atoms with E-state index in [1.54, 1.807) is 25.3 Å². The molecule has 41 heavy (non-hydrogen) atoms. The highest BCUT2D eigenvalue weighted by Gasteiger charge is 2.19. The van der Waals surface area contributed by atoms with Gasteiger partial charge >= 0.3 is 0 Å². The normalized spacial score (nSPS) is 11.2. The highest BCUT2D eigenvalue weighted by Crippen LogP contribution is 2.27. The second kappa shape index (κ2) is 13.0. The number of amides is 1. The molecule has 1 aromatic heterocycles. The van der Waals surface area contributed by atoms with Gasteiger partial charge in [-0.25, -0.2) is 21.9 Å². The van der Waals surface area contributed by atoms with E-state index in [4.69, 9.17) is 16.3 Å². The fraction of sp³-hybridized carbons (Fsp3) is 0.138. The number of ketones is 1. The first-order valence-electron chi connectivity index (χ1n) is 12.2. The van der Waals surface area contributed by atoms with E-state index in [2.05, 4.69) is 15.0 Å². The molecule has 0 aliphatic rings. The number of aryl methyl sites for hydroxylation is 1. The van der Waals surface area contributed by atoms with Crippen molar-refractivity contribution >= 4 is 39.0 Å². The van der Waals surface area contributed by atoms with Crippen molar-refractivity contribution in [3.63, 3.8) is 0 Å². The number of sulfonamides is 1. The number of carbonyl (C=O) groups excluding carboxylic acids is 2. The summed E-state index contributed by atoms with van der Waals surface area (Å²) in [5.41, 5.74) is 1.26. The van der Waals surface area contributed by atoms with Gasteiger partial charge in [-0.15, -0.1) is 0 Å². The van der Waals surface area contributed by atoms with Gasteiger partial charge in [0, 0.05) is 47.2 Å². The Balaban J connectivity index is 1.39. The minimum atomic E-state index is -3.79. The highest BCUT2D eigenvalue weighted by atomic mass is 35.5.